The molecule has 0 nitrogen and oxygen atoms in total. The number of hydrogen-bond acceptors (Lipinski definition) is 0. The molecular formula is C9H18ClP. The average Bonchev–Trinajstić information content (AvgIpc) is 2.39. The van der Waals surface area contributed by atoms with Crippen molar-refractivity contribution >= 4 is 21.0 Å². The van der Waals surface area contributed by atoms with Crippen LogP contribution in [0.5, 0.6) is 0 Å². The minimum Gasteiger partial charge on any atom is -0.147 e. The molecule has 66 valence electrons. The lowest BCUT2D eigenvalue weighted by atomic mass is 9.85. The third-order valence-corrected chi connectivity index (χ3v) is 5.25. The standard InChI is InChI=1S/C9H17P.ClH/c1-2-5-9(6-3-1)7-4-8-10-9;/h10H,1-8H2;1H. The van der Waals surface area contributed by atoms with Crippen LogP contribution < -0.4 is 0 Å². The summed E-state index contributed by atoms with van der Waals surface area (Å²) in [5, 5.41) is 0.901. The lowest BCUT2D eigenvalue weighted by Gasteiger charge is -2.32. The molecule has 2 heteroatoms. The predicted molar refractivity (Wildman–Crippen MR) is 55.5 cm³/mol. The minimum atomic E-state index is 0. The van der Waals surface area contributed by atoms with Crippen LogP contribution in [0.2, 0.25) is 0 Å². The summed E-state index contributed by atoms with van der Waals surface area (Å²) >= 11 is 0. The van der Waals surface area contributed by atoms with Crippen LogP contribution in [0.4, 0.5) is 0 Å². The fraction of sp³-hybridized carbons (Fsp3) is 1.00. The van der Waals surface area contributed by atoms with Crippen molar-refractivity contribution in [2.24, 2.45) is 0 Å². The quantitative estimate of drug-likeness (QED) is 0.515. The molecule has 1 saturated heterocycles. The monoisotopic (exact) mass is 192 g/mol. The molecule has 1 unspecified atom stereocenters. The van der Waals surface area contributed by atoms with Crippen LogP contribution >= 0.6 is 21.0 Å². The highest BCUT2D eigenvalue weighted by molar-refractivity contribution is 7.40. The zero-order chi connectivity index (χ0) is 6.86. The van der Waals surface area contributed by atoms with Gasteiger partial charge in [0, 0.05) is 0 Å². The molecule has 1 aliphatic carbocycles. The summed E-state index contributed by atoms with van der Waals surface area (Å²) in [6.45, 7) is 0. The highest BCUT2D eigenvalue weighted by Gasteiger charge is 2.34. The van der Waals surface area contributed by atoms with Crippen molar-refractivity contribution < 1.29 is 0 Å². The predicted octanol–water partition coefficient (Wildman–Crippen LogP) is 3.58. The van der Waals surface area contributed by atoms with Crippen molar-refractivity contribution in [1.82, 2.24) is 0 Å². The van der Waals surface area contributed by atoms with Crippen molar-refractivity contribution in [3.8, 4) is 0 Å². The SMILES string of the molecule is C1CCC2(CC1)CCCP2.Cl. The Morgan fingerprint density at radius 3 is 2.00 bits per heavy atom. The second kappa shape index (κ2) is 4.10. The average molecular weight is 193 g/mol. The third-order valence-electron chi connectivity index (χ3n) is 3.14. The van der Waals surface area contributed by atoms with Crippen molar-refractivity contribution in [3.05, 3.63) is 0 Å². The first-order chi connectivity index (χ1) is 4.91. The van der Waals surface area contributed by atoms with Crippen molar-refractivity contribution in [3.63, 3.8) is 0 Å². The molecule has 2 rings (SSSR count). The van der Waals surface area contributed by atoms with Crippen LogP contribution in [0.25, 0.3) is 0 Å². The molecule has 2 fully saturated rings. The molecule has 11 heavy (non-hydrogen) atoms. The molecule has 0 N–H and O–H groups in total. The number of hydrogen-bond donors (Lipinski definition) is 0. The van der Waals surface area contributed by atoms with Gasteiger partial charge in [0.1, 0.15) is 0 Å². The van der Waals surface area contributed by atoms with Crippen molar-refractivity contribution in [1.29, 1.82) is 0 Å². The van der Waals surface area contributed by atoms with Crippen LogP contribution in [-0.4, -0.2) is 11.3 Å². The van der Waals surface area contributed by atoms with Gasteiger partial charge in [0.2, 0.25) is 0 Å². The summed E-state index contributed by atoms with van der Waals surface area (Å²) in [6, 6.07) is 0. The highest BCUT2D eigenvalue weighted by atomic mass is 35.5. The molecule has 1 heterocycles. The van der Waals surface area contributed by atoms with Gasteiger partial charge in [-0.15, -0.1) is 21.0 Å². The zero-order valence-corrected chi connectivity index (χ0v) is 8.88. The van der Waals surface area contributed by atoms with Gasteiger partial charge in [-0.3, -0.25) is 0 Å². The smallest absolute Gasteiger partial charge is 0.0122 e. The van der Waals surface area contributed by atoms with E-state index >= 15 is 0 Å². The Kier molecular flexibility index (Phi) is 3.65. The van der Waals surface area contributed by atoms with Crippen LogP contribution in [0, 0.1) is 0 Å². The van der Waals surface area contributed by atoms with E-state index in [1.54, 1.807) is 31.8 Å². The summed E-state index contributed by atoms with van der Waals surface area (Å²) in [4.78, 5) is 0. The van der Waals surface area contributed by atoms with Crippen molar-refractivity contribution in [2.45, 2.75) is 50.1 Å². The fourth-order valence-electron chi connectivity index (χ4n) is 2.52. The van der Waals surface area contributed by atoms with E-state index in [-0.39, 0.29) is 12.4 Å². The van der Waals surface area contributed by atoms with E-state index in [2.05, 4.69) is 0 Å². The van der Waals surface area contributed by atoms with Crippen molar-refractivity contribution in [2.75, 3.05) is 6.16 Å². The Labute approximate surface area is 77.7 Å². The normalized spacial score (nSPS) is 30.5. The first-order valence-corrected chi connectivity index (χ1v) is 5.87. The second-order valence-electron chi connectivity index (χ2n) is 3.87. The Bertz CT molecular complexity index is 111. The Morgan fingerprint density at radius 1 is 0.818 bits per heavy atom. The Balaban J connectivity index is 0.000000605. The third kappa shape index (κ3) is 2.10. The molecular weight excluding hydrogens is 175 g/mol. The highest BCUT2D eigenvalue weighted by Crippen LogP contribution is 2.52. The molecule has 0 aromatic carbocycles. The molecule has 0 aromatic rings. The van der Waals surface area contributed by atoms with Gasteiger partial charge in [0.05, 0.1) is 0 Å². The van der Waals surface area contributed by atoms with Gasteiger partial charge in [-0.25, -0.2) is 0 Å². The maximum absolute atomic E-state index is 1.57. The Hall–Kier alpha value is 0.720. The van der Waals surface area contributed by atoms with Crippen LogP contribution in [0.3, 0.4) is 0 Å². The lowest BCUT2D eigenvalue weighted by Crippen LogP contribution is -2.22. The Morgan fingerprint density at radius 2 is 1.45 bits per heavy atom. The molecule has 1 saturated carbocycles. The van der Waals surface area contributed by atoms with Crippen LogP contribution in [0.15, 0.2) is 0 Å². The molecule has 0 aromatic heterocycles. The molecule has 0 radical (unpaired) electrons. The largest absolute Gasteiger partial charge is 0.147 e. The molecule has 2 aliphatic rings. The fourth-order valence-corrected chi connectivity index (χ4v) is 4.47. The summed E-state index contributed by atoms with van der Waals surface area (Å²) in [6.07, 6.45) is 12.4. The number of halogens is 1. The van der Waals surface area contributed by atoms with E-state index in [0.29, 0.717) is 0 Å². The molecule has 0 amide bonds. The molecule has 1 aliphatic heterocycles. The summed E-state index contributed by atoms with van der Waals surface area (Å²) in [5.74, 6) is 0. The molecule has 0 bridgehead atoms. The molecule has 1 atom stereocenters. The van der Waals surface area contributed by atoms with Crippen LogP contribution in [-0.2, 0) is 0 Å². The van der Waals surface area contributed by atoms with Gasteiger partial charge in [0.15, 0.2) is 0 Å². The van der Waals surface area contributed by atoms with E-state index in [1.807, 2.05) is 0 Å². The molecule has 1 spiro atoms. The second-order valence-corrected chi connectivity index (χ2v) is 5.79. The van der Waals surface area contributed by atoms with Gasteiger partial charge in [-0.2, -0.15) is 0 Å². The van der Waals surface area contributed by atoms with Gasteiger partial charge in [-0.1, -0.05) is 19.3 Å². The minimum absolute atomic E-state index is 0. The first-order valence-electron chi connectivity index (χ1n) is 4.66. The topological polar surface area (TPSA) is 0 Å². The summed E-state index contributed by atoms with van der Waals surface area (Å²) in [5.41, 5.74) is 0. The van der Waals surface area contributed by atoms with E-state index in [4.69, 9.17) is 0 Å². The lowest BCUT2D eigenvalue weighted by molar-refractivity contribution is 0.385. The van der Waals surface area contributed by atoms with Gasteiger partial charge < -0.3 is 0 Å². The zero-order valence-electron chi connectivity index (χ0n) is 7.07. The van der Waals surface area contributed by atoms with E-state index in [1.165, 1.54) is 27.8 Å². The van der Waals surface area contributed by atoms with Gasteiger partial charge >= 0.3 is 0 Å². The summed E-state index contributed by atoms with van der Waals surface area (Å²) in [7, 11) is 1.33. The summed E-state index contributed by atoms with van der Waals surface area (Å²) < 4.78 is 0. The van der Waals surface area contributed by atoms with E-state index in [0.717, 1.165) is 5.16 Å². The van der Waals surface area contributed by atoms with Crippen LogP contribution in [0.1, 0.15) is 44.9 Å². The number of rotatable bonds is 0. The van der Waals surface area contributed by atoms with Gasteiger partial charge in [0.25, 0.3) is 0 Å². The van der Waals surface area contributed by atoms with Gasteiger partial charge in [-0.05, 0) is 37.0 Å². The maximum Gasteiger partial charge on any atom is -0.0122 e. The van der Waals surface area contributed by atoms with E-state index in [9.17, 15) is 0 Å². The maximum atomic E-state index is 1.57. The first kappa shape index (κ1) is 9.81. The van der Waals surface area contributed by atoms with E-state index < -0.39 is 0 Å².